The van der Waals surface area contributed by atoms with Gasteiger partial charge in [0.25, 0.3) is 0 Å². The molecule has 0 saturated carbocycles. The van der Waals surface area contributed by atoms with E-state index in [1.165, 1.54) is 14.0 Å². The molecule has 0 aliphatic carbocycles. The summed E-state index contributed by atoms with van der Waals surface area (Å²) in [7, 11) is 1.35. The van der Waals surface area contributed by atoms with E-state index in [0.717, 1.165) is 0 Å². The maximum absolute atomic E-state index is 10.6. The van der Waals surface area contributed by atoms with Crippen LogP contribution >= 0.6 is 0 Å². The number of rotatable bonds is 4. The van der Waals surface area contributed by atoms with Crippen molar-refractivity contribution in [2.24, 2.45) is 0 Å². The van der Waals surface area contributed by atoms with Crippen LogP contribution in [0, 0.1) is 0 Å². The molecule has 2 atom stereocenters. The topological polar surface area (TPSA) is 76.0 Å². The van der Waals surface area contributed by atoms with Crippen molar-refractivity contribution in [2.45, 2.75) is 33.0 Å². The van der Waals surface area contributed by atoms with E-state index in [9.17, 15) is 4.79 Å². The van der Waals surface area contributed by atoms with Gasteiger partial charge in [0, 0.05) is 6.61 Å². The lowest BCUT2D eigenvalue weighted by molar-refractivity contribution is -0.152. The average molecular weight is 208 g/mol. The summed E-state index contributed by atoms with van der Waals surface area (Å²) in [6, 6.07) is 0. The minimum Gasteiger partial charge on any atom is -0.467 e. The zero-order valence-corrected chi connectivity index (χ0v) is 9.19. The summed E-state index contributed by atoms with van der Waals surface area (Å²) in [5, 5.41) is 16.0. The van der Waals surface area contributed by atoms with Gasteiger partial charge in [-0.25, -0.2) is 4.79 Å². The highest BCUT2D eigenvalue weighted by Gasteiger charge is 2.10. The van der Waals surface area contributed by atoms with E-state index in [-0.39, 0.29) is 12.6 Å². The minimum atomic E-state index is -0.560. The summed E-state index contributed by atoms with van der Waals surface area (Å²) in [6.45, 7) is 5.42. The van der Waals surface area contributed by atoms with Crippen molar-refractivity contribution in [1.82, 2.24) is 0 Å². The van der Waals surface area contributed by atoms with Crippen LogP contribution in [0.5, 0.6) is 0 Å². The Morgan fingerprint density at radius 1 is 1.43 bits per heavy atom. The van der Waals surface area contributed by atoms with Crippen LogP contribution in [-0.4, -0.2) is 48.7 Å². The van der Waals surface area contributed by atoms with E-state index in [4.69, 9.17) is 14.9 Å². The molecule has 0 fully saturated rings. The van der Waals surface area contributed by atoms with Crippen molar-refractivity contribution >= 4 is 5.97 Å². The van der Waals surface area contributed by atoms with Gasteiger partial charge >= 0.3 is 5.97 Å². The Hall–Kier alpha value is -0.650. The highest BCUT2D eigenvalue weighted by molar-refractivity contribution is 5.73. The fourth-order valence-electron chi connectivity index (χ4n) is 0.484. The largest absolute Gasteiger partial charge is 0.467 e. The van der Waals surface area contributed by atoms with Gasteiger partial charge in [-0.1, -0.05) is 0 Å². The quantitative estimate of drug-likeness (QED) is 0.633. The van der Waals surface area contributed by atoms with Crippen LogP contribution in [0.2, 0.25) is 0 Å². The second kappa shape index (κ2) is 10.4. The van der Waals surface area contributed by atoms with Crippen molar-refractivity contribution in [3.8, 4) is 0 Å². The van der Waals surface area contributed by atoms with Crippen LogP contribution in [0.4, 0.5) is 0 Å². The van der Waals surface area contributed by atoms with Gasteiger partial charge in [0.15, 0.2) is 6.10 Å². The fourth-order valence-corrected chi connectivity index (χ4v) is 0.484. The van der Waals surface area contributed by atoms with Crippen molar-refractivity contribution in [2.75, 3.05) is 20.3 Å². The zero-order valence-electron chi connectivity index (χ0n) is 9.19. The van der Waals surface area contributed by atoms with Gasteiger partial charge in [-0.2, -0.15) is 0 Å². The van der Waals surface area contributed by atoms with Gasteiger partial charge < -0.3 is 19.7 Å². The first-order valence-electron chi connectivity index (χ1n) is 4.47. The van der Waals surface area contributed by atoms with Crippen LogP contribution in [0.3, 0.4) is 0 Å². The Bertz CT molecular complexity index is 135. The summed E-state index contributed by atoms with van der Waals surface area (Å²) in [4.78, 5) is 10.6. The number of aliphatic hydroxyl groups excluding tert-OH is 2. The number of aliphatic hydroxyl groups is 2. The molecule has 0 amide bonds. The van der Waals surface area contributed by atoms with Gasteiger partial charge in [-0.05, 0) is 20.8 Å². The third kappa shape index (κ3) is 11.4. The SMILES string of the molecule is CC(O)CO.CCOC(C)C(=O)OC. The Morgan fingerprint density at radius 3 is 2.07 bits per heavy atom. The molecule has 0 aromatic rings. The van der Waals surface area contributed by atoms with Crippen LogP contribution in [-0.2, 0) is 14.3 Å². The minimum absolute atomic E-state index is 0.139. The van der Waals surface area contributed by atoms with Gasteiger partial charge in [0.1, 0.15) is 0 Å². The predicted molar refractivity (Wildman–Crippen MR) is 51.9 cm³/mol. The van der Waals surface area contributed by atoms with Crippen LogP contribution < -0.4 is 0 Å². The number of carbonyl (C=O) groups excluding carboxylic acids is 1. The second-order valence-corrected chi connectivity index (χ2v) is 2.65. The van der Waals surface area contributed by atoms with Crippen LogP contribution in [0.25, 0.3) is 0 Å². The molecule has 5 heteroatoms. The highest BCUT2D eigenvalue weighted by atomic mass is 16.6. The maximum atomic E-state index is 10.6. The normalized spacial score (nSPS) is 13.6. The molecule has 0 aliphatic heterocycles. The summed E-state index contributed by atoms with van der Waals surface area (Å²) in [5.41, 5.74) is 0. The number of carbonyl (C=O) groups is 1. The van der Waals surface area contributed by atoms with E-state index in [2.05, 4.69) is 4.74 Å². The average Bonchev–Trinajstić information content (AvgIpc) is 2.17. The number of hydrogen-bond acceptors (Lipinski definition) is 5. The highest BCUT2D eigenvalue weighted by Crippen LogP contribution is 1.91. The van der Waals surface area contributed by atoms with E-state index in [1.54, 1.807) is 6.92 Å². The van der Waals surface area contributed by atoms with E-state index in [1.807, 2.05) is 6.92 Å². The summed E-state index contributed by atoms with van der Waals surface area (Å²) < 4.78 is 9.32. The first kappa shape index (κ1) is 15.8. The first-order valence-corrected chi connectivity index (χ1v) is 4.47. The van der Waals surface area contributed by atoms with Gasteiger partial charge in [0.2, 0.25) is 0 Å². The van der Waals surface area contributed by atoms with Gasteiger partial charge in [-0.3, -0.25) is 0 Å². The number of esters is 1. The zero-order chi connectivity index (χ0) is 11.6. The molecule has 0 aliphatic rings. The molecular weight excluding hydrogens is 188 g/mol. The maximum Gasteiger partial charge on any atom is 0.334 e. The lowest BCUT2D eigenvalue weighted by Crippen LogP contribution is -2.21. The third-order valence-electron chi connectivity index (χ3n) is 1.21. The van der Waals surface area contributed by atoms with E-state index in [0.29, 0.717) is 6.61 Å². The molecule has 0 spiro atoms. The van der Waals surface area contributed by atoms with Crippen molar-refractivity contribution < 1.29 is 24.5 Å². The molecule has 0 bridgehead atoms. The van der Waals surface area contributed by atoms with Crippen LogP contribution in [0.15, 0.2) is 0 Å². The molecule has 0 rings (SSSR count). The molecule has 0 aromatic heterocycles. The smallest absolute Gasteiger partial charge is 0.334 e. The number of ether oxygens (including phenoxy) is 2. The Labute approximate surface area is 84.6 Å². The molecule has 14 heavy (non-hydrogen) atoms. The number of hydrogen-bond donors (Lipinski definition) is 2. The fraction of sp³-hybridized carbons (Fsp3) is 0.889. The van der Waals surface area contributed by atoms with Crippen molar-refractivity contribution in [1.29, 1.82) is 0 Å². The summed E-state index contributed by atoms with van der Waals surface area (Å²) in [6.07, 6.45) is -0.991. The summed E-state index contributed by atoms with van der Waals surface area (Å²) in [5.74, 6) is -0.322. The molecule has 0 aromatic carbocycles. The second-order valence-electron chi connectivity index (χ2n) is 2.65. The molecule has 86 valence electrons. The van der Waals surface area contributed by atoms with E-state index < -0.39 is 12.2 Å². The lowest BCUT2D eigenvalue weighted by atomic mass is 10.4. The van der Waals surface area contributed by atoms with Gasteiger partial charge in [-0.15, -0.1) is 0 Å². The molecule has 0 saturated heterocycles. The molecule has 2 unspecified atom stereocenters. The predicted octanol–water partition coefficient (Wildman–Crippen LogP) is -0.0561. The number of methoxy groups -OCH3 is 1. The molecular formula is C9H20O5. The van der Waals surface area contributed by atoms with E-state index >= 15 is 0 Å². The Balaban J connectivity index is 0. The monoisotopic (exact) mass is 208 g/mol. The standard InChI is InChI=1S/C6H12O3.C3H8O2/c1-4-9-5(2)6(7)8-3;1-3(5)2-4/h5H,4H2,1-3H3;3-5H,2H2,1H3. The molecule has 0 heterocycles. The molecule has 5 nitrogen and oxygen atoms in total. The van der Waals surface area contributed by atoms with Crippen LogP contribution in [0.1, 0.15) is 20.8 Å². The molecule has 2 N–H and O–H groups in total. The van der Waals surface area contributed by atoms with Crippen molar-refractivity contribution in [3.05, 3.63) is 0 Å². The van der Waals surface area contributed by atoms with Crippen molar-refractivity contribution in [3.63, 3.8) is 0 Å². The van der Waals surface area contributed by atoms with Gasteiger partial charge in [0.05, 0.1) is 19.8 Å². The summed E-state index contributed by atoms with van der Waals surface area (Å²) >= 11 is 0. The Morgan fingerprint density at radius 2 is 1.86 bits per heavy atom. The lowest BCUT2D eigenvalue weighted by Gasteiger charge is -2.07. The third-order valence-corrected chi connectivity index (χ3v) is 1.21. The first-order chi connectivity index (χ1) is 6.49. The molecule has 0 radical (unpaired) electrons. The Kier molecular flexibility index (Phi) is 11.8.